The Morgan fingerprint density at radius 1 is 0.839 bits per heavy atom. The molecule has 0 aliphatic rings. The lowest BCUT2D eigenvalue weighted by molar-refractivity contribution is -0.136. The van der Waals surface area contributed by atoms with Crippen LogP contribution < -0.4 is 20.1 Å². The first-order valence-corrected chi connectivity index (χ1v) is 10.5. The zero-order chi connectivity index (χ0) is 22.2. The van der Waals surface area contributed by atoms with Crippen molar-refractivity contribution >= 4 is 29.3 Å². The lowest BCUT2D eigenvalue weighted by Crippen LogP contribution is -2.37. The average Bonchev–Trinajstić information content (AvgIpc) is 2.80. The van der Waals surface area contributed by atoms with Crippen LogP contribution in [-0.4, -0.2) is 26.0 Å². The highest BCUT2D eigenvalue weighted by atomic mass is 32.2. The second kappa shape index (κ2) is 10.5. The van der Waals surface area contributed by atoms with E-state index >= 15 is 0 Å². The van der Waals surface area contributed by atoms with Crippen LogP contribution in [0.3, 0.4) is 0 Å². The van der Waals surface area contributed by atoms with Crippen LogP contribution in [0.4, 0.5) is 5.69 Å². The summed E-state index contributed by atoms with van der Waals surface area (Å²) in [4.78, 5) is 26.9. The van der Waals surface area contributed by atoms with E-state index in [0.29, 0.717) is 17.2 Å². The minimum atomic E-state index is -0.728. The van der Waals surface area contributed by atoms with E-state index in [1.807, 2.05) is 54.6 Å². The fourth-order valence-electron chi connectivity index (χ4n) is 2.92. The van der Waals surface area contributed by atoms with Crippen molar-refractivity contribution in [1.82, 2.24) is 5.32 Å². The number of nitrogens with one attached hydrogen (secondary N) is 2. The smallest absolute Gasteiger partial charge is 0.313 e. The molecule has 0 spiro atoms. The van der Waals surface area contributed by atoms with Crippen LogP contribution in [0.1, 0.15) is 18.5 Å². The first kappa shape index (κ1) is 22.2. The number of rotatable bonds is 7. The molecule has 6 nitrogen and oxygen atoms in total. The molecular weight excluding hydrogens is 412 g/mol. The van der Waals surface area contributed by atoms with E-state index in [4.69, 9.17) is 9.47 Å². The Balaban J connectivity index is 1.67. The molecule has 0 heterocycles. The molecule has 3 aromatic rings. The molecule has 0 aliphatic heterocycles. The second-order valence-corrected chi connectivity index (χ2v) is 7.79. The van der Waals surface area contributed by atoms with Gasteiger partial charge in [0.15, 0.2) is 11.5 Å². The summed E-state index contributed by atoms with van der Waals surface area (Å²) < 4.78 is 10.5. The predicted molar refractivity (Wildman–Crippen MR) is 122 cm³/mol. The van der Waals surface area contributed by atoms with Crippen molar-refractivity contribution in [2.24, 2.45) is 0 Å². The van der Waals surface area contributed by atoms with Gasteiger partial charge in [0.25, 0.3) is 0 Å². The van der Waals surface area contributed by atoms with E-state index < -0.39 is 17.9 Å². The summed E-state index contributed by atoms with van der Waals surface area (Å²) >= 11 is 1.51. The zero-order valence-electron chi connectivity index (χ0n) is 17.5. The van der Waals surface area contributed by atoms with Crippen molar-refractivity contribution < 1.29 is 19.1 Å². The van der Waals surface area contributed by atoms with E-state index in [1.54, 1.807) is 39.3 Å². The molecule has 31 heavy (non-hydrogen) atoms. The first-order valence-electron chi connectivity index (χ1n) is 9.67. The molecule has 1 atom stereocenters. The van der Waals surface area contributed by atoms with Crippen LogP contribution in [0, 0.1) is 0 Å². The molecule has 0 saturated heterocycles. The van der Waals surface area contributed by atoms with Gasteiger partial charge in [0.05, 0.1) is 25.9 Å². The molecule has 3 rings (SSSR count). The van der Waals surface area contributed by atoms with Crippen molar-refractivity contribution in [2.45, 2.75) is 22.8 Å². The van der Waals surface area contributed by atoms with Gasteiger partial charge in [-0.1, -0.05) is 48.2 Å². The molecule has 0 aliphatic carbocycles. The number of para-hydroxylation sites is 1. The van der Waals surface area contributed by atoms with Crippen LogP contribution in [0.5, 0.6) is 11.5 Å². The second-order valence-electron chi connectivity index (χ2n) is 6.67. The van der Waals surface area contributed by atoms with Gasteiger partial charge in [-0.2, -0.15) is 0 Å². The van der Waals surface area contributed by atoms with E-state index in [2.05, 4.69) is 10.6 Å². The molecule has 0 bridgehead atoms. The van der Waals surface area contributed by atoms with E-state index in [0.717, 1.165) is 15.4 Å². The van der Waals surface area contributed by atoms with Gasteiger partial charge < -0.3 is 20.1 Å². The third-order valence-electron chi connectivity index (χ3n) is 4.57. The third-order valence-corrected chi connectivity index (χ3v) is 5.65. The van der Waals surface area contributed by atoms with Gasteiger partial charge in [-0.05, 0) is 48.9 Å². The summed E-state index contributed by atoms with van der Waals surface area (Å²) in [5, 5.41) is 5.43. The number of benzene rings is 3. The summed E-state index contributed by atoms with van der Waals surface area (Å²) in [7, 11) is 3.10. The molecule has 2 amide bonds. The van der Waals surface area contributed by atoms with Gasteiger partial charge in [-0.25, -0.2) is 0 Å². The molecule has 0 radical (unpaired) electrons. The highest BCUT2D eigenvalue weighted by molar-refractivity contribution is 7.99. The molecular formula is C24H24N2O4S. The quantitative estimate of drug-likeness (QED) is 0.527. The number of hydrogen-bond acceptors (Lipinski definition) is 5. The fraction of sp³-hybridized carbons (Fsp3) is 0.167. The standard InChI is InChI=1S/C24H24N2O4S/c1-16(17-13-14-20(29-2)21(15-17)30-3)25-23(27)24(28)26-19-11-7-8-12-22(19)31-18-9-5-4-6-10-18/h4-16H,1-3H3,(H,25,27)(H,26,28). The van der Waals surface area contributed by atoms with Crippen LogP contribution >= 0.6 is 11.8 Å². The summed E-state index contributed by atoms with van der Waals surface area (Å²) in [5.74, 6) is -0.303. The van der Waals surface area contributed by atoms with Crippen LogP contribution in [0.15, 0.2) is 82.6 Å². The Hall–Kier alpha value is -3.45. The van der Waals surface area contributed by atoms with Crippen molar-refractivity contribution in [3.63, 3.8) is 0 Å². The molecule has 0 aromatic heterocycles. The molecule has 3 aromatic carbocycles. The van der Waals surface area contributed by atoms with E-state index in [1.165, 1.54) is 11.8 Å². The lowest BCUT2D eigenvalue weighted by atomic mass is 10.1. The van der Waals surface area contributed by atoms with Gasteiger partial charge in [-0.3, -0.25) is 9.59 Å². The van der Waals surface area contributed by atoms with Crippen LogP contribution in [0.25, 0.3) is 0 Å². The largest absolute Gasteiger partial charge is 0.493 e. The summed E-state index contributed by atoms with van der Waals surface area (Å²) in [5.41, 5.74) is 1.37. The Labute approximate surface area is 186 Å². The predicted octanol–water partition coefficient (Wildman–Crippen LogP) is 4.67. The average molecular weight is 437 g/mol. The number of amides is 2. The van der Waals surface area contributed by atoms with Gasteiger partial charge in [0.1, 0.15) is 0 Å². The highest BCUT2D eigenvalue weighted by Crippen LogP contribution is 2.33. The Kier molecular flexibility index (Phi) is 7.56. The molecule has 160 valence electrons. The van der Waals surface area contributed by atoms with E-state index in [-0.39, 0.29) is 0 Å². The normalized spacial score (nSPS) is 11.3. The minimum Gasteiger partial charge on any atom is -0.493 e. The molecule has 7 heteroatoms. The SMILES string of the molecule is COc1ccc(C(C)NC(=O)C(=O)Nc2ccccc2Sc2ccccc2)cc1OC. The van der Waals surface area contributed by atoms with Crippen molar-refractivity contribution in [3.05, 3.63) is 78.4 Å². The molecule has 0 saturated carbocycles. The Morgan fingerprint density at radius 3 is 2.23 bits per heavy atom. The molecule has 1 unspecified atom stereocenters. The van der Waals surface area contributed by atoms with E-state index in [9.17, 15) is 9.59 Å². The summed E-state index contributed by atoms with van der Waals surface area (Å²) in [6.45, 7) is 1.80. The van der Waals surface area contributed by atoms with Gasteiger partial charge in [0, 0.05) is 9.79 Å². The first-order chi connectivity index (χ1) is 15.0. The number of hydrogen-bond donors (Lipinski definition) is 2. The third kappa shape index (κ3) is 5.79. The molecule has 2 N–H and O–H groups in total. The highest BCUT2D eigenvalue weighted by Gasteiger charge is 2.19. The number of ether oxygens (including phenoxy) is 2. The topological polar surface area (TPSA) is 76.7 Å². The van der Waals surface area contributed by atoms with Crippen LogP contribution in [-0.2, 0) is 9.59 Å². The lowest BCUT2D eigenvalue weighted by Gasteiger charge is -2.17. The van der Waals surface area contributed by atoms with Gasteiger partial charge in [0.2, 0.25) is 0 Å². The Morgan fingerprint density at radius 2 is 1.52 bits per heavy atom. The number of carbonyl (C=O) groups excluding carboxylic acids is 2. The number of methoxy groups -OCH3 is 2. The maximum atomic E-state index is 12.5. The Bertz CT molecular complexity index is 1060. The monoisotopic (exact) mass is 436 g/mol. The summed E-state index contributed by atoms with van der Waals surface area (Å²) in [6, 6.07) is 22.1. The zero-order valence-corrected chi connectivity index (χ0v) is 18.4. The maximum absolute atomic E-state index is 12.5. The van der Waals surface area contributed by atoms with Crippen LogP contribution in [0.2, 0.25) is 0 Å². The van der Waals surface area contributed by atoms with Crippen molar-refractivity contribution in [1.29, 1.82) is 0 Å². The van der Waals surface area contributed by atoms with Gasteiger partial charge >= 0.3 is 11.8 Å². The van der Waals surface area contributed by atoms with Crippen molar-refractivity contribution in [3.8, 4) is 11.5 Å². The van der Waals surface area contributed by atoms with Gasteiger partial charge in [-0.15, -0.1) is 0 Å². The summed E-state index contributed by atoms with van der Waals surface area (Å²) in [6.07, 6.45) is 0. The molecule has 0 fully saturated rings. The number of carbonyl (C=O) groups is 2. The minimum absolute atomic E-state index is 0.396. The fourth-order valence-corrected chi connectivity index (χ4v) is 3.84. The van der Waals surface area contributed by atoms with Crippen molar-refractivity contribution in [2.75, 3.05) is 19.5 Å². The number of anilines is 1. The maximum Gasteiger partial charge on any atom is 0.313 e.